The normalized spacial score (nSPS) is 12.7. The Kier molecular flexibility index (Phi) is 3.58. The Balaban J connectivity index is 1.89. The van der Waals surface area contributed by atoms with E-state index < -0.39 is 5.76 Å². The lowest BCUT2D eigenvalue weighted by Crippen LogP contribution is -2.18. The molecule has 2 aromatic carbocycles. The largest absolute Gasteiger partial charge is 0.417 e. The van der Waals surface area contributed by atoms with Crippen molar-refractivity contribution in [1.82, 2.24) is 10.3 Å². The summed E-state index contributed by atoms with van der Waals surface area (Å²) in [6, 6.07) is 12.1. The van der Waals surface area contributed by atoms with Crippen molar-refractivity contribution in [3.63, 3.8) is 0 Å². The van der Waals surface area contributed by atoms with E-state index >= 15 is 0 Å². The first kappa shape index (κ1) is 13.6. The number of hydrogen-bond donors (Lipinski definition) is 2. The molecule has 0 bridgehead atoms. The molecule has 1 unspecified atom stereocenters. The van der Waals surface area contributed by atoms with Gasteiger partial charge in [-0.15, -0.1) is 0 Å². The van der Waals surface area contributed by atoms with Gasteiger partial charge in [-0.1, -0.05) is 18.2 Å². The molecule has 0 spiro atoms. The van der Waals surface area contributed by atoms with Gasteiger partial charge in [0.1, 0.15) is 5.82 Å². The van der Waals surface area contributed by atoms with E-state index in [0.29, 0.717) is 11.1 Å². The summed E-state index contributed by atoms with van der Waals surface area (Å²) in [5.41, 5.74) is 3.26. The van der Waals surface area contributed by atoms with Crippen LogP contribution in [0.25, 0.3) is 11.1 Å². The van der Waals surface area contributed by atoms with Crippen LogP contribution in [0, 0.1) is 5.82 Å². The predicted molar refractivity (Wildman–Crippen MR) is 78.7 cm³/mol. The lowest BCUT2D eigenvalue weighted by molar-refractivity contribution is 0.551. The van der Waals surface area contributed by atoms with Gasteiger partial charge in [-0.3, -0.25) is 4.98 Å². The van der Waals surface area contributed by atoms with Crippen LogP contribution in [0.2, 0.25) is 0 Å². The summed E-state index contributed by atoms with van der Waals surface area (Å²) in [5, 5.41) is 3.23. The van der Waals surface area contributed by atoms with Crippen molar-refractivity contribution in [3.8, 4) is 0 Å². The van der Waals surface area contributed by atoms with Crippen molar-refractivity contribution >= 4 is 11.1 Å². The first-order valence-electron chi connectivity index (χ1n) is 6.70. The second-order valence-electron chi connectivity index (χ2n) is 4.94. The van der Waals surface area contributed by atoms with Crippen molar-refractivity contribution in [2.75, 3.05) is 7.05 Å². The van der Waals surface area contributed by atoms with Crippen LogP contribution in [-0.4, -0.2) is 12.0 Å². The number of H-pyrrole nitrogens is 1. The Labute approximate surface area is 120 Å². The van der Waals surface area contributed by atoms with Crippen molar-refractivity contribution in [2.45, 2.75) is 12.5 Å². The molecular formula is C16H15FN2O2. The van der Waals surface area contributed by atoms with Crippen LogP contribution in [0.4, 0.5) is 4.39 Å². The monoisotopic (exact) mass is 286 g/mol. The van der Waals surface area contributed by atoms with E-state index in [1.54, 1.807) is 12.1 Å². The molecule has 3 rings (SSSR count). The number of aromatic amines is 1. The summed E-state index contributed by atoms with van der Waals surface area (Å²) in [6.45, 7) is 0. The molecule has 2 N–H and O–H groups in total. The molecule has 1 aromatic heterocycles. The zero-order chi connectivity index (χ0) is 14.8. The standard InChI is InChI=1S/C16H15FN2O2/c1-18-14(8-10-2-5-12(17)6-3-10)11-4-7-13-15(9-11)21-16(20)19-13/h2-7,9,14,18H,8H2,1H3,(H,19,20). The average molecular weight is 286 g/mol. The van der Waals surface area contributed by atoms with Crippen molar-refractivity contribution < 1.29 is 8.81 Å². The van der Waals surface area contributed by atoms with Gasteiger partial charge in [0, 0.05) is 6.04 Å². The quantitative estimate of drug-likeness (QED) is 0.775. The maximum atomic E-state index is 12.9. The van der Waals surface area contributed by atoms with E-state index in [2.05, 4.69) is 10.3 Å². The van der Waals surface area contributed by atoms with Gasteiger partial charge in [0.15, 0.2) is 5.58 Å². The van der Waals surface area contributed by atoms with Gasteiger partial charge in [0.25, 0.3) is 0 Å². The van der Waals surface area contributed by atoms with Crippen LogP contribution >= 0.6 is 0 Å². The third-order valence-corrected chi connectivity index (χ3v) is 3.55. The molecule has 0 fully saturated rings. The van der Waals surface area contributed by atoms with Gasteiger partial charge in [0.2, 0.25) is 0 Å². The molecule has 1 atom stereocenters. The highest BCUT2D eigenvalue weighted by Gasteiger charge is 2.12. The lowest BCUT2D eigenvalue weighted by Gasteiger charge is -2.16. The molecule has 0 aliphatic rings. The van der Waals surface area contributed by atoms with Gasteiger partial charge in [-0.25, -0.2) is 9.18 Å². The summed E-state index contributed by atoms with van der Waals surface area (Å²) < 4.78 is 18.0. The first-order chi connectivity index (χ1) is 10.2. The third-order valence-electron chi connectivity index (χ3n) is 3.55. The number of halogens is 1. The molecule has 0 aliphatic carbocycles. The maximum absolute atomic E-state index is 12.9. The Morgan fingerprint density at radius 3 is 2.71 bits per heavy atom. The van der Waals surface area contributed by atoms with Crippen LogP contribution in [-0.2, 0) is 6.42 Å². The van der Waals surface area contributed by atoms with Crippen LogP contribution in [0.3, 0.4) is 0 Å². The number of aromatic nitrogens is 1. The lowest BCUT2D eigenvalue weighted by atomic mass is 9.99. The molecule has 0 amide bonds. The number of likely N-dealkylation sites (N-methyl/N-ethyl adjacent to an activating group) is 1. The smallest absolute Gasteiger partial charge is 0.408 e. The number of rotatable bonds is 4. The molecule has 0 radical (unpaired) electrons. The number of nitrogens with one attached hydrogen (secondary N) is 2. The van der Waals surface area contributed by atoms with Crippen molar-refractivity contribution in [3.05, 3.63) is 70.0 Å². The molecule has 0 saturated carbocycles. The molecule has 21 heavy (non-hydrogen) atoms. The Bertz CT molecular complexity index is 805. The minimum Gasteiger partial charge on any atom is -0.408 e. The van der Waals surface area contributed by atoms with Crippen LogP contribution in [0.5, 0.6) is 0 Å². The minimum atomic E-state index is -0.457. The predicted octanol–water partition coefficient (Wildman–Crippen LogP) is 2.76. The third kappa shape index (κ3) is 2.87. The summed E-state index contributed by atoms with van der Waals surface area (Å²) in [4.78, 5) is 13.8. The zero-order valence-electron chi connectivity index (χ0n) is 11.5. The highest BCUT2D eigenvalue weighted by Crippen LogP contribution is 2.22. The van der Waals surface area contributed by atoms with Gasteiger partial charge >= 0.3 is 5.76 Å². The Morgan fingerprint density at radius 2 is 2.00 bits per heavy atom. The number of oxazole rings is 1. The maximum Gasteiger partial charge on any atom is 0.417 e. The topological polar surface area (TPSA) is 58.0 Å². The number of hydrogen-bond acceptors (Lipinski definition) is 3. The van der Waals surface area contributed by atoms with Gasteiger partial charge in [-0.2, -0.15) is 0 Å². The minimum absolute atomic E-state index is 0.0556. The molecule has 3 aromatic rings. The fourth-order valence-corrected chi connectivity index (χ4v) is 2.42. The van der Waals surface area contributed by atoms with Crippen LogP contribution < -0.4 is 11.1 Å². The van der Waals surface area contributed by atoms with Gasteiger partial charge in [-0.05, 0) is 48.9 Å². The molecule has 4 nitrogen and oxygen atoms in total. The summed E-state index contributed by atoms with van der Waals surface area (Å²) in [6.07, 6.45) is 0.719. The van der Waals surface area contributed by atoms with Crippen molar-refractivity contribution in [2.24, 2.45) is 0 Å². The average Bonchev–Trinajstić information content (AvgIpc) is 2.85. The molecule has 5 heteroatoms. The van der Waals surface area contributed by atoms with E-state index in [1.807, 2.05) is 25.2 Å². The molecule has 1 heterocycles. The summed E-state index contributed by atoms with van der Waals surface area (Å²) >= 11 is 0. The molecule has 108 valence electrons. The number of benzene rings is 2. The summed E-state index contributed by atoms with van der Waals surface area (Å²) in [7, 11) is 1.87. The van der Waals surface area contributed by atoms with Gasteiger partial charge < -0.3 is 9.73 Å². The van der Waals surface area contributed by atoms with E-state index in [9.17, 15) is 9.18 Å². The highest BCUT2D eigenvalue weighted by molar-refractivity contribution is 5.72. The highest BCUT2D eigenvalue weighted by atomic mass is 19.1. The fourth-order valence-electron chi connectivity index (χ4n) is 2.42. The fraction of sp³-hybridized carbons (Fsp3) is 0.188. The zero-order valence-corrected chi connectivity index (χ0v) is 11.5. The second-order valence-corrected chi connectivity index (χ2v) is 4.94. The molecule has 0 saturated heterocycles. The van der Waals surface area contributed by atoms with Gasteiger partial charge in [0.05, 0.1) is 5.52 Å². The first-order valence-corrected chi connectivity index (χ1v) is 6.70. The van der Waals surface area contributed by atoms with Crippen molar-refractivity contribution in [1.29, 1.82) is 0 Å². The summed E-state index contributed by atoms with van der Waals surface area (Å²) in [5.74, 6) is -0.697. The van der Waals surface area contributed by atoms with E-state index in [4.69, 9.17) is 4.42 Å². The Morgan fingerprint density at radius 1 is 1.24 bits per heavy atom. The molecular weight excluding hydrogens is 271 g/mol. The molecule has 0 aliphatic heterocycles. The van der Waals surface area contributed by atoms with Crippen LogP contribution in [0.15, 0.2) is 51.7 Å². The SMILES string of the molecule is CNC(Cc1ccc(F)cc1)c1ccc2[nH]c(=O)oc2c1. The second kappa shape index (κ2) is 5.54. The number of fused-ring (bicyclic) bond motifs is 1. The van der Waals surface area contributed by atoms with E-state index in [0.717, 1.165) is 17.5 Å². The Hall–Kier alpha value is -2.40. The van der Waals surface area contributed by atoms with Crippen LogP contribution in [0.1, 0.15) is 17.2 Å². The van der Waals surface area contributed by atoms with E-state index in [1.165, 1.54) is 12.1 Å². The van der Waals surface area contributed by atoms with E-state index in [-0.39, 0.29) is 11.9 Å².